The summed E-state index contributed by atoms with van der Waals surface area (Å²) in [6.07, 6.45) is 3.56. The number of rotatable bonds is 7. The second-order valence-corrected chi connectivity index (χ2v) is 9.66. The van der Waals surface area contributed by atoms with Crippen LogP contribution in [-0.2, 0) is 9.53 Å². The molecule has 11 heteroatoms. The van der Waals surface area contributed by atoms with E-state index < -0.39 is 16.9 Å². The largest absolute Gasteiger partial charge is 0.497 e. The number of hydrogen-bond donors (Lipinski definition) is 0. The summed E-state index contributed by atoms with van der Waals surface area (Å²) in [7, 11) is 1.55. The number of thiazole rings is 1. The number of esters is 1. The van der Waals surface area contributed by atoms with Gasteiger partial charge in [0.2, 0.25) is 0 Å². The number of methoxy groups -OCH3 is 1. The molecule has 198 valence electrons. The van der Waals surface area contributed by atoms with Gasteiger partial charge in [-0.3, -0.25) is 19.5 Å². The van der Waals surface area contributed by atoms with Gasteiger partial charge in [0.25, 0.3) is 11.2 Å². The molecule has 0 radical (unpaired) electrons. The summed E-state index contributed by atoms with van der Waals surface area (Å²) in [6.45, 7) is 3.64. The van der Waals surface area contributed by atoms with Gasteiger partial charge in [-0.25, -0.2) is 9.79 Å². The van der Waals surface area contributed by atoms with Crippen LogP contribution < -0.4 is 19.6 Å². The van der Waals surface area contributed by atoms with Gasteiger partial charge in [0.05, 0.1) is 40.5 Å². The fourth-order valence-electron chi connectivity index (χ4n) is 4.53. The Hall–Kier alpha value is -4.77. The molecule has 0 spiro atoms. The molecule has 0 fully saturated rings. The molecule has 2 aromatic heterocycles. The van der Waals surface area contributed by atoms with E-state index in [4.69, 9.17) is 9.47 Å². The Balaban J connectivity index is 1.67. The summed E-state index contributed by atoms with van der Waals surface area (Å²) in [6, 6.07) is 16.3. The van der Waals surface area contributed by atoms with Crippen molar-refractivity contribution in [3.63, 3.8) is 0 Å². The van der Waals surface area contributed by atoms with Gasteiger partial charge in [0, 0.05) is 29.7 Å². The molecule has 4 aromatic rings. The fraction of sp³-hybridized carbons (Fsp3) is 0.179. The molecule has 1 aliphatic rings. The van der Waals surface area contributed by atoms with Gasteiger partial charge in [-0.15, -0.1) is 0 Å². The van der Waals surface area contributed by atoms with Gasteiger partial charge in [-0.05, 0) is 61.9 Å². The van der Waals surface area contributed by atoms with E-state index in [2.05, 4.69) is 4.99 Å². The standard InChI is InChI=1S/C28H24N4O6S/c1-4-38-27(34)24-17(2)29-28-31(25(24)18-7-5-9-22(15-18)37-3)26(33)23(39-28)16-21-8-6-14-30(21)19-10-12-20(13-11-19)32(35)36/h5-16,25H,4H2,1-3H3/t25-/m0/s1. The average molecular weight is 545 g/mol. The number of nitrogens with zero attached hydrogens (tertiary/aromatic N) is 4. The van der Waals surface area contributed by atoms with Crippen LogP contribution >= 0.6 is 11.3 Å². The van der Waals surface area contributed by atoms with Crippen LogP contribution in [0.25, 0.3) is 11.8 Å². The molecule has 0 amide bonds. The number of benzene rings is 2. The Labute approximate surface area is 226 Å². The van der Waals surface area contributed by atoms with E-state index in [0.29, 0.717) is 43.3 Å². The Morgan fingerprint density at radius 3 is 2.64 bits per heavy atom. The summed E-state index contributed by atoms with van der Waals surface area (Å²) in [5.74, 6) is 0.0568. The van der Waals surface area contributed by atoms with E-state index in [1.807, 2.05) is 29.0 Å². The van der Waals surface area contributed by atoms with E-state index in [1.165, 1.54) is 28.0 Å². The Morgan fingerprint density at radius 2 is 1.95 bits per heavy atom. The molecule has 0 saturated carbocycles. The van der Waals surface area contributed by atoms with Crippen LogP contribution in [0.5, 0.6) is 5.75 Å². The number of nitro groups is 1. The first kappa shape index (κ1) is 25.9. The van der Waals surface area contributed by atoms with Gasteiger partial charge in [0.1, 0.15) is 5.75 Å². The number of carbonyl (C=O) groups excluding carboxylic acids is 1. The quantitative estimate of drug-likeness (QED) is 0.200. The topological polar surface area (TPSA) is 118 Å². The van der Waals surface area contributed by atoms with Crippen LogP contribution in [-0.4, -0.2) is 33.7 Å². The minimum atomic E-state index is -0.751. The van der Waals surface area contributed by atoms with Gasteiger partial charge in [-0.1, -0.05) is 23.5 Å². The highest BCUT2D eigenvalue weighted by atomic mass is 32.1. The zero-order valence-corrected chi connectivity index (χ0v) is 22.2. The normalized spacial score (nSPS) is 15.1. The Bertz CT molecular complexity index is 1800. The van der Waals surface area contributed by atoms with Crippen molar-refractivity contribution in [2.45, 2.75) is 19.9 Å². The molecule has 0 unspecified atom stereocenters. The maximum absolute atomic E-state index is 13.9. The highest BCUT2D eigenvalue weighted by Crippen LogP contribution is 2.32. The lowest BCUT2D eigenvalue weighted by atomic mass is 9.95. The summed E-state index contributed by atoms with van der Waals surface area (Å²) < 4.78 is 14.5. The van der Waals surface area contributed by atoms with Crippen molar-refractivity contribution in [1.29, 1.82) is 0 Å². The van der Waals surface area contributed by atoms with Crippen LogP contribution in [0, 0.1) is 10.1 Å². The third kappa shape index (κ3) is 4.79. The third-order valence-corrected chi connectivity index (χ3v) is 7.31. The minimum Gasteiger partial charge on any atom is -0.497 e. The predicted octanol–water partition coefficient (Wildman–Crippen LogP) is 3.51. The van der Waals surface area contributed by atoms with Crippen LogP contribution in [0.3, 0.4) is 0 Å². The van der Waals surface area contributed by atoms with E-state index in [-0.39, 0.29) is 17.9 Å². The molecule has 2 aromatic carbocycles. The van der Waals surface area contributed by atoms with Crippen molar-refractivity contribution in [1.82, 2.24) is 9.13 Å². The van der Waals surface area contributed by atoms with Gasteiger partial charge < -0.3 is 14.0 Å². The third-order valence-electron chi connectivity index (χ3n) is 6.32. The molecule has 0 aliphatic carbocycles. The van der Waals surface area contributed by atoms with Crippen molar-refractivity contribution < 1.29 is 19.2 Å². The lowest BCUT2D eigenvalue weighted by Crippen LogP contribution is -2.40. The van der Waals surface area contributed by atoms with Crippen LogP contribution in [0.2, 0.25) is 0 Å². The van der Waals surface area contributed by atoms with Crippen molar-refractivity contribution in [2.75, 3.05) is 13.7 Å². The highest BCUT2D eigenvalue weighted by molar-refractivity contribution is 7.07. The van der Waals surface area contributed by atoms with E-state index in [0.717, 1.165) is 0 Å². The second kappa shape index (κ2) is 10.5. The van der Waals surface area contributed by atoms with Crippen LogP contribution in [0.15, 0.2) is 87.9 Å². The van der Waals surface area contributed by atoms with Crippen molar-refractivity contribution in [3.05, 3.63) is 119 Å². The maximum atomic E-state index is 13.9. The molecule has 0 saturated heterocycles. The fourth-order valence-corrected chi connectivity index (χ4v) is 5.57. The molecule has 0 N–H and O–H groups in total. The maximum Gasteiger partial charge on any atom is 0.338 e. The second-order valence-electron chi connectivity index (χ2n) is 8.66. The predicted molar refractivity (Wildman–Crippen MR) is 146 cm³/mol. The van der Waals surface area contributed by atoms with Gasteiger partial charge in [-0.2, -0.15) is 0 Å². The van der Waals surface area contributed by atoms with Crippen LogP contribution in [0.1, 0.15) is 31.1 Å². The molecule has 3 heterocycles. The lowest BCUT2D eigenvalue weighted by molar-refractivity contribution is -0.384. The average Bonchev–Trinajstić information content (AvgIpc) is 3.52. The first-order valence-corrected chi connectivity index (χ1v) is 12.9. The highest BCUT2D eigenvalue weighted by Gasteiger charge is 2.33. The van der Waals surface area contributed by atoms with Crippen molar-refractivity contribution in [2.24, 2.45) is 4.99 Å². The number of hydrogen-bond acceptors (Lipinski definition) is 8. The summed E-state index contributed by atoms with van der Waals surface area (Å²) >= 11 is 1.22. The molecular formula is C28H24N4O6S. The molecule has 1 atom stereocenters. The number of aromatic nitrogens is 2. The number of allylic oxidation sites excluding steroid dienone is 1. The first-order chi connectivity index (χ1) is 18.8. The Kier molecular flexibility index (Phi) is 6.99. The Morgan fingerprint density at radius 1 is 1.18 bits per heavy atom. The minimum absolute atomic E-state index is 0.00826. The molecule has 5 rings (SSSR count). The number of carbonyl (C=O) groups is 1. The van der Waals surface area contributed by atoms with Gasteiger partial charge in [0.15, 0.2) is 4.80 Å². The van der Waals surface area contributed by atoms with Crippen LogP contribution in [0.4, 0.5) is 5.69 Å². The summed E-state index contributed by atoms with van der Waals surface area (Å²) in [5.41, 5.74) is 2.55. The molecule has 0 bridgehead atoms. The zero-order chi connectivity index (χ0) is 27.7. The number of ether oxygens (including phenoxy) is 2. The molecule has 10 nitrogen and oxygen atoms in total. The van der Waals surface area contributed by atoms with Crippen molar-refractivity contribution >= 4 is 29.1 Å². The van der Waals surface area contributed by atoms with E-state index in [9.17, 15) is 19.7 Å². The molecular weight excluding hydrogens is 520 g/mol. The number of non-ortho nitro benzene ring substituents is 1. The van der Waals surface area contributed by atoms with E-state index in [1.54, 1.807) is 57.4 Å². The molecule has 39 heavy (non-hydrogen) atoms. The number of fused-ring (bicyclic) bond motifs is 1. The zero-order valence-electron chi connectivity index (χ0n) is 21.4. The lowest BCUT2D eigenvalue weighted by Gasteiger charge is -2.25. The monoisotopic (exact) mass is 544 g/mol. The van der Waals surface area contributed by atoms with E-state index >= 15 is 0 Å². The smallest absolute Gasteiger partial charge is 0.338 e. The first-order valence-electron chi connectivity index (χ1n) is 12.1. The van der Waals surface area contributed by atoms with Gasteiger partial charge >= 0.3 is 5.97 Å². The SMILES string of the molecule is CCOC(=O)C1=C(C)N=c2sc(=Cc3cccn3-c3ccc([N+](=O)[O-])cc3)c(=O)n2[C@H]1c1cccc(OC)c1. The van der Waals surface area contributed by atoms with Crippen molar-refractivity contribution in [3.8, 4) is 11.4 Å². The summed E-state index contributed by atoms with van der Waals surface area (Å²) in [5, 5.41) is 11.0. The molecule has 1 aliphatic heterocycles. The summed E-state index contributed by atoms with van der Waals surface area (Å²) in [4.78, 5) is 42.6. The number of nitro benzene ring substituents is 1.